The van der Waals surface area contributed by atoms with Crippen LogP contribution in [0.1, 0.15) is 28.8 Å². The van der Waals surface area contributed by atoms with Crippen LogP contribution >= 0.6 is 0 Å². The van der Waals surface area contributed by atoms with E-state index in [1.165, 1.54) is 4.90 Å². The second-order valence-electron chi connectivity index (χ2n) is 6.44. The molecule has 2 aromatic rings. The number of amides is 3. The van der Waals surface area contributed by atoms with Gasteiger partial charge in [-0.1, -0.05) is 36.4 Å². The summed E-state index contributed by atoms with van der Waals surface area (Å²) in [4.78, 5) is 41.4. The minimum Gasteiger partial charge on any atom is -0.421 e. The molecule has 1 atom stereocenters. The number of para-hydroxylation sites is 1. The van der Waals surface area contributed by atoms with Crippen LogP contribution in [0, 0.1) is 0 Å². The molecule has 5 rings (SSSR count). The smallest absolute Gasteiger partial charge is 0.341 e. The number of nitrogens with zero attached hydrogens (tertiary/aromatic N) is 2. The van der Waals surface area contributed by atoms with E-state index in [0.717, 1.165) is 17.7 Å². The average molecular weight is 334 g/mol. The van der Waals surface area contributed by atoms with Gasteiger partial charge in [-0.3, -0.25) is 9.69 Å². The minimum atomic E-state index is -1.68. The van der Waals surface area contributed by atoms with Gasteiger partial charge in [-0.05, 0) is 31.0 Å². The van der Waals surface area contributed by atoms with Crippen LogP contribution in [0.3, 0.4) is 0 Å². The monoisotopic (exact) mass is 334 g/mol. The van der Waals surface area contributed by atoms with Crippen molar-refractivity contribution in [3.8, 4) is 0 Å². The van der Waals surface area contributed by atoms with Gasteiger partial charge < -0.3 is 4.74 Å². The lowest BCUT2D eigenvalue weighted by molar-refractivity contribution is -0.148. The van der Waals surface area contributed by atoms with E-state index >= 15 is 0 Å². The number of carbonyl (C=O) groups excluding carboxylic acids is 3. The molecule has 1 unspecified atom stereocenters. The Balaban J connectivity index is 1.73. The summed E-state index contributed by atoms with van der Waals surface area (Å²) in [5.41, 5.74) is -0.421. The predicted octanol–water partition coefficient (Wildman–Crippen LogP) is 2.64. The van der Waals surface area contributed by atoms with E-state index in [4.69, 9.17) is 4.74 Å². The molecule has 0 bridgehead atoms. The summed E-state index contributed by atoms with van der Waals surface area (Å²) < 4.78 is 5.60. The van der Waals surface area contributed by atoms with Gasteiger partial charge in [0.1, 0.15) is 0 Å². The summed E-state index contributed by atoms with van der Waals surface area (Å²) in [7, 11) is 0. The van der Waals surface area contributed by atoms with Crippen molar-refractivity contribution in [2.24, 2.45) is 0 Å². The Hall–Kier alpha value is -3.15. The number of anilines is 1. The van der Waals surface area contributed by atoms with E-state index in [2.05, 4.69) is 0 Å². The largest absolute Gasteiger partial charge is 0.421 e. The fourth-order valence-corrected chi connectivity index (χ4v) is 3.67. The van der Waals surface area contributed by atoms with Gasteiger partial charge in [0.2, 0.25) is 0 Å². The lowest BCUT2D eigenvalue weighted by atomic mass is 9.98. The molecule has 2 aliphatic heterocycles. The van der Waals surface area contributed by atoms with Gasteiger partial charge in [0.25, 0.3) is 5.72 Å². The zero-order valence-electron chi connectivity index (χ0n) is 13.2. The van der Waals surface area contributed by atoms with Crippen LogP contribution in [0.15, 0.2) is 54.6 Å². The molecule has 3 aliphatic rings. The third-order valence-electron chi connectivity index (χ3n) is 4.91. The Kier molecular flexibility index (Phi) is 2.67. The highest BCUT2D eigenvalue weighted by Crippen LogP contribution is 2.50. The molecule has 3 amide bonds. The third-order valence-corrected chi connectivity index (χ3v) is 4.91. The molecule has 0 aromatic heterocycles. The van der Waals surface area contributed by atoms with Crippen LogP contribution in [0.4, 0.5) is 10.5 Å². The summed E-state index contributed by atoms with van der Waals surface area (Å²) in [5.74, 6) is -1.11. The van der Waals surface area contributed by atoms with Crippen LogP contribution < -0.4 is 4.90 Å². The molecule has 124 valence electrons. The molecule has 1 aliphatic carbocycles. The van der Waals surface area contributed by atoms with Crippen molar-refractivity contribution in [2.45, 2.75) is 24.6 Å². The summed E-state index contributed by atoms with van der Waals surface area (Å²) in [5, 5.41) is 0. The molecule has 0 N–H and O–H groups in total. The number of esters is 1. The number of carbonyl (C=O) groups is 3. The van der Waals surface area contributed by atoms with E-state index in [-0.39, 0.29) is 6.04 Å². The summed E-state index contributed by atoms with van der Waals surface area (Å²) in [6, 6.07) is 15.0. The quantitative estimate of drug-likeness (QED) is 0.625. The number of rotatable bonds is 2. The third kappa shape index (κ3) is 1.71. The first-order valence-corrected chi connectivity index (χ1v) is 8.20. The topological polar surface area (TPSA) is 66.9 Å². The van der Waals surface area contributed by atoms with Gasteiger partial charge in [0, 0.05) is 11.6 Å². The van der Waals surface area contributed by atoms with Gasteiger partial charge in [-0.2, -0.15) is 0 Å². The molecular weight excluding hydrogens is 320 g/mol. The van der Waals surface area contributed by atoms with Gasteiger partial charge in [0.15, 0.2) is 0 Å². The molecule has 1 saturated heterocycles. The second-order valence-corrected chi connectivity index (χ2v) is 6.44. The van der Waals surface area contributed by atoms with Crippen LogP contribution in [0.25, 0.3) is 0 Å². The van der Waals surface area contributed by atoms with Crippen molar-refractivity contribution >= 4 is 23.6 Å². The normalized spacial score (nSPS) is 24.9. The summed E-state index contributed by atoms with van der Waals surface area (Å²) >= 11 is 0. The number of imide groups is 1. The highest BCUT2D eigenvalue weighted by atomic mass is 16.6. The maximum Gasteiger partial charge on any atom is 0.341 e. The molecule has 25 heavy (non-hydrogen) atoms. The Morgan fingerprint density at radius 3 is 2.32 bits per heavy atom. The van der Waals surface area contributed by atoms with E-state index in [0.29, 0.717) is 16.8 Å². The Bertz CT molecular complexity index is 922. The fourth-order valence-electron chi connectivity index (χ4n) is 3.67. The van der Waals surface area contributed by atoms with Gasteiger partial charge in [0.05, 0.1) is 11.3 Å². The minimum absolute atomic E-state index is 0.0934. The maximum atomic E-state index is 13.4. The molecule has 0 radical (unpaired) electrons. The van der Waals surface area contributed by atoms with Crippen LogP contribution in [0.5, 0.6) is 0 Å². The molecule has 6 nitrogen and oxygen atoms in total. The molecule has 2 aromatic carbocycles. The lowest BCUT2D eigenvalue weighted by Crippen LogP contribution is -2.48. The second kappa shape index (κ2) is 4.69. The number of ether oxygens (including phenoxy) is 1. The summed E-state index contributed by atoms with van der Waals surface area (Å²) in [6.45, 7) is 0. The van der Waals surface area contributed by atoms with Crippen molar-refractivity contribution in [3.63, 3.8) is 0 Å². The first-order valence-electron chi connectivity index (χ1n) is 8.20. The van der Waals surface area contributed by atoms with Crippen molar-refractivity contribution in [1.82, 2.24) is 4.90 Å². The van der Waals surface area contributed by atoms with Crippen LogP contribution in [0.2, 0.25) is 0 Å². The zero-order chi connectivity index (χ0) is 17.2. The number of hydrogen-bond donors (Lipinski definition) is 0. The zero-order valence-corrected chi connectivity index (χ0v) is 13.2. The predicted molar refractivity (Wildman–Crippen MR) is 87.7 cm³/mol. The average Bonchev–Trinajstić information content (AvgIpc) is 3.38. The highest BCUT2D eigenvalue weighted by Gasteiger charge is 2.68. The van der Waals surface area contributed by atoms with Crippen molar-refractivity contribution in [3.05, 3.63) is 65.7 Å². The van der Waals surface area contributed by atoms with Crippen molar-refractivity contribution in [2.75, 3.05) is 4.90 Å². The van der Waals surface area contributed by atoms with E-state index < -0.39 is 23.6 Å². The van der Waals surface area contributed by atoms with Gasteiger partial charge >= 0.3 is 17.9 Å². The SMILES string of the molecule is O=C1OC2(C(=O)N(c3ccccc3)C(=O)N2C2CC2)c2ccccc21. The van der Waals surface area contributed by atoms with Crippen LogP contribution in [-0.4, -0.2) is 28.8 Å². The number of urea groups is 1. The maximum absolute atomic E-state index is 13.4. The number of fused-ring (bicyclic) bond motifs is 2. The summed E-state index contributed by atoms with van der Waals surface area (Å²) in [6.07, 6.45) is 1.59. The molecule has 6 heteroatoms. The number of benzene rings is 2. The molecule has 1 saturated carbocycles. The number of hydrogen-bond acceptors (Lipinski definition) is 4. The van der Waals surface area contributed by atoms with Gasteiger partial charge in [-0.15, -0.1) is 0 Å². The fraction of sp³-hybridized carbons (Fsp3) is 0.211. The highest BCUT2D eigenvalue weighted by molar-refractivity contribution is 6.24. The molecule has 2 heterocycles. The first-order chi connectivity index (χ1) is 12.1. The lowest BCUT2D eigenvalue weighted by Gasteiger charge is -2.30. The Labute approximate surface area is 143 Å². The standard InChI is InChI=1S/C19H14N2O4/c22-16-14-8-4-5-9-15(14)19(25-16)17(23)20(12-6-2-1-3-7-12)18(24)21(19)13-10-11-13/h1-9,13H,10-11H2. The first kappa shape index (κ1) is 14.2. The molecule has 1 spiro atoms. The van der Waals surface area contributed by atoms with Crippen molar-refractivity contribution in [1.29, 1.82) is 0 Å². The molecule has 2 fully saturated rings. The van der Waals surface area contributed by atoms with E-state index in [1.54, 1.807) is 48.5 Å². The Morgan fingerprint density at radius 2 is 1.60 bits per heavy atom. The van der Waals surface area contributed by atoms with E-state index in [1.807, 2.05) is 6.07 Å². The van der Waals surface area contributed by atoms with Crippen LogP contribution in [-0.2, 0) is 15.3 Å². The Morgan fingerprint density at radius 1 is 0.920 bits per heavy atom. The van der Waals surface area contributed by atoms with Crippen molar-refractivity contribution < 1.29 is 19.1 Å². The molecular formula is C19H14N2O4. The van der Waals surface area contributed by atoms with E-state index in [9.17, 15) is 14.4 Å². The van der Waals surface area contributed by atoms with Gasteiger partial charge in [-0.25, -0.2) is 14.5 Å².